The van der Waals surface area contributed by atoms with E-state index in [0.29, 0.717) is 18.1 Å². The molecule has 0 bridgehead atoms. The largest absolute Gasteiger partial charge is 0.497 e. The first kappa shape index (κ1) is 15.5. The molecule has 0 fully saturated rings. The van der Waals surface area contributed by atoms with Crippen molar-refractivity contribution in [2.45, 2.75) is 39.5 Å². The average molecular weight is 264 g/mol. The Bertz CT molecular complexity index is 370. The van der Waals surface area contributed by atoms with E-state index in [4.69, 9.17) is 9.47 Å². The molecule has 0 N–H and O–H groups in total. The lowest BCUT2D eigenvalue weighted by atomic mass is 10.0. The lowest BCUT2D eigenvalue weighted by Gasteiger charge is -2.14. The van der Waals surface area contributed by atoms with Crippen molar-refractivity contribution in [3.8, 4) is 5.75 Å². The second-order valence-corrected chi connectivity index (χ2v) is 4.74. The molecule has 1 aromatic rings. The molecule has 3 nitrogen and oxygen atoms in total. The first-order valence-corrected chi connectivity index (χ1v) is 7.02. The molecule has 0 amide bonds. The Labute approximate surface area is 115 Å². The SMILES string of the molecule is CCCCC(CC)COC(=O)c1ccc(OC)cc1. The van der Waals surface area contributed by atoms with E-state index >= 15 is 0 Å². The first-order chi connectivity index (χ1) is 9.21. The van der Waals surface area contributed by atoms with Crippen LogP contribution in [0.4, 0.5) is 0 Å². The second kappa shape index (κ2) is 8.57. The summed E-state index contributed by atoms with van der Waals surface area (Å²) in [4.78, 5) is 11.9. The highest BCUT2D eigenvalue weighted by molar-refractivity contribution is 5.89. The van der Waals surface area contributed by atoms with Crippen molar-refractivity contribution in [1.82, 2.24) is 0 Å². The van der Waals surface area contributed by atoms with Gasteiger partial charge in [0.25, 0.3) is 0 Å². The summed E-state index contributed by atoms with van der Waals surface area (Å²) in [6.45, 7) is 4.83. The van der Waals surface area contributed by atoms with Crippen LogP contribution in [-0.2, 0) is 4.74 Å². The van der Waals surface area contributed by atoms with Gasteiger partial charge < -0.3 is 9.47 Å². The molecule has 0 aliphatic rings. The molecule has 0 aliphatic carbocycles. The van der Waals surface area contributed by atoms with Gasteiger partial charge in [-0.3, -0.25) is 0 Å². The van der Waals surface area contributed by atoms with Gasteiger partial charge in [-0.05, 0) is 36.6 Å². The van der Waals surface area contributed by atoms with Crippen molar-refractivity contribution in [2.24, 2.45) is 5.92 Å². The molecule has 1 unspecified atom stereocenters. The number of unbranched alkanes of at least 4 members (excludes halogenated alkanes) is 1. The van der Waals surface area contributed by atoms with Crippen LogP contribution in [0.15, 0.2) is 24.3 Å². The van der Waals surface area contributed by atoms with Crippen LogP contribution in [0.25, 0.3) is 0 Å². The van der Waals surface area contributed by atoms with Crippen molar-refractivity contribution in [1.29, 1.82) is 0 Å². The fourth-order valence-electron chi connectivity index (χ4n) is 1.90. The summed E-state index contributed by atoms with van der Waals surface area (Å²) in [6, 6.07) is 7.00. The molecule has 106 valence electrons. The molecule has 3 heteroatoms. The van der Waals surface area contributed by atoms with E-state index in [1.807, 2.05) is 0 Å². The highest BCUT2D eigenvalue weighted by Gasteiger charge is 2.11. The lowest BCUT2D eigenvalue weighted by Crippen LogP contribution is -2.14. The molecule has 0 radical (unpaired) electrons. The number of esters is 1. The van der Waals surface area contributed by atoms with E-state index in [2.05, 4.69) is 13.8 Å². The van der Waals surface area contributed by atoms with E-state index in [1.165, 1.54) is 12.8 Å². The molecule has 0 heterocycles. The van der Waals surface area contributed by atoms with Crippen LogP contribution in [0.1, 0.15) is 49.9 Å². The van der Waals surface area contributed by atoms with E-state index in [0.717, 1.165) is 18.6 Å². The fraction of sp³-hybridized carbons (Fsp3) is 0.562. The molecule has 1 rings (SSSR count). The number of carbonyl (C=O) groups is 1. The van der Waals surface area contributed by atoms with Gasteiger partial charge in [-0.2, -0.15) is 0 Å². The maximum absolute atomic E-state index is 11.9. The topological polar surface area (TPSA) is 35.5 Å². The van der Waals surface area contributed by atoms with Gasteiger partial charge in [-0.1, -0.05) is 33.1 Å². The number of hydrogen-bond donors (Lipinski definition) is 0. The van der Waals surface area contributed by atoms with Crippen LogP contribution in [0.5, 0.6) is 5.75 Å². The first-order valence-electron chi connectivity index (χ1n) is 7.02. The summed E-state index contributed by atoms with van der Waals surface area (Å²) in [5.74, 6) is 0.964. The highest BCUT2D eigenvalue weighted by atomic mass is 16.5. The summed E-state index contributed by atoms with van der Waals surface area (Å²) < 4.78 is 10.4. The lowest BCUT2D eigenvalue weighted by molar-refractivity contribution is 0.0428. The van der Waals surface area contributed by atoms with Gasteiger partial charge in [0, 0.05) is 0 Å². The van der Waals surface area contributed by atoms with Gasteiger partial charge in [0.15, 0.2) is 0 Å². The molecule has 0 saturated carbocycles. The summed E-state index contributed by atoms with van der Waals surface area (Å²) >= 11 is 0. The van der Waals surface area contributed by atoms with Gasteiger partial charge in [-0.15, -0.1) is 0 Å². The van der Waals surface area contributed by atoms with Gasteiger partial charge in [0.1, 0.15) is 5.75 Å². The summed E-state index contributed by atoms with van der Waals surface area (Å²) in [7, 11) is 1.60. The monoisotopic (exact) mass is 264 g/mol. The minimum atomic E-state index is -0.252. The maximum Gasteiger partial charge on any atom is 0.338 e. The Morgan fingerprint density at radius 2 is 1.89 bits per heavy atom. The molecule has 0 aromatic heterocycles. The Morgan fingerprint density at radius 1 is 1.21 bits per heavy atom. The van der Waals surface area contributed by atoms with Gasteiger partial charge in [-0.25, -0.2) is 4.79 Å². The van der Waals surface area contributed by atoms with Gasteiger partial charge in [0.05, 0.1) is 19.3 Å². The van der Waals surface area contributed by atoms with Crippen molar-refractivity contribution in [2.75, 3.05) is 13.7 Å². The third-order valence-corrected chi connectivity index (χ3v) is 3.32. The zero-order valence-electron chi connectivity index (χ0n) is 12.1. The number of carbonyl (C=O) groups excluding carboxylic acids is 1. The molecule has 0 aliphatic heterocycles. The fourth-order valence-corrected chi connectivity index (χ4v) is 1.90. The van der Waals surface area contributed by atoms with Crippen LogP contribution in [-0.4, -0.2) is 19.7 Å². The molecule has 1 aromatic carbocycles. The molecule has 19 heavy (non-hydrogen) atoms. The minimum absolute atomic E-state index is 0.252. The zero-order valence-corrected chi connectivity index (χ0v) is 12.1. The van der Waals surface area contributed by atoms with E-state index in [-0.39, 0.29) is 5.97 Å². The van der Waals surface area contributed by atoms with E-state index in [1.54, 1.807) is 31.4 Å². The highest BCUT2D eigenvalue weighted by Crippen LogP contribution is 2.15. The molecule has 0 saturated heterocycles. The summed E-state index contributed by atoms with van der Waals surface area (Å²) in [5.41, 5.74) is 0.575. The van der Waals surface area contributed by atoms with E-state index < -0.39 is 0 Å². The Balaban J connectivity index is 2.44. The predicted molar refractivity (Wildman–Crippen MR) is 76.6 cm³/mol. The number of ether oxygens (including phenoxy) is 2. The third-order valence-electron chi connectivity index (χ3n) is 3.32. The zero-order chi connectivity index (χ0) is 14.1. The molecular weight excluding hydrogens is 240 g/mol. The average Bonchev–Trinajstić information content (AvgIpc) is 2.47. The second-order valence-electron chi connectivity index (χ2n) is 4.74. The van der Waals surface area contributed by atoms with Crippen LogP contribution >= 0.6 is 0 Å². The number of rotatable bonds is 8. The molecule has 0 spiro atoms. The number of benzene rings is 1. The summed E-state index contributed by atoms with van der Waals surface area (Å²) in [5, 5.41) is 0. The van der Waals surface area contributed by atoms with Crippen LogP contribution in [0, 0.1) is 5.92 Å². The predicted octanol–water partition coefficient (Wildman–Crippen LogP) is 4.07. The molecule has 1 atom stereocenters. The smallest absolute Gasteiger partial charge is 0.338 e. The Kier molecular flexibility index (Phi) is 7.01. The Morgan fingerprint density at radius 3 is 2.42 bits per heavy atom. The van der Waals surface area contributed by atoms with Crippen molar-refractivity contribution in [3.05, 3.63) is 29.8 Å². The van der Waals surface area contributed by atoms with E-state index in [9.17, 15) is 4.79 Å². The Hall–Kier alpha value is -1.51. The number of methoxy groups -OCH3 is 1. The van der Waals surface area contributed by atoms with Crippen LogP contribution in [0.3, 0.4) is 0 Å². The standard InChI is InChI=1S/C16H24O3/c1-4-6-7-13(5-2)12-19-16(17)14-8-10-15(18-3)11-9-14/h8-11,13H,4-7,12H2,1-3H3. The molecular formula is C16H24O3. The number of hydrogen-bond acceptors (Lipinski definition) is 3. The van der Waals surface area contributed by atoms with Crippen molar-refractivity contribution >= 4 is 5.97 Å². The van der Waals surface area contributed by atoms with Gasteiger partial charge >= 0.3 is 5.97 Å². The van der Waals surface area contributed by atoms with Crippen LogP contribution < -0.4 is 4.74 Å². The third kappa shape index (κ3) is 5.33. The maximum atomic E-state index is 11.9. The normalized spacial score (nSPS) is 11.9. The van der Waals surface area contributed by atoms with Crippen LogP contribution in [0.2, 0.25) is 0 Å². The van der Waals surface area contributed by atoms with Crippen molar-refractivity contribution in [3.63, 3.8) is 0 Å². The summed E-state index contributed by atoms with van der Waals surface area (Å²) in [6.07, 6.45) is 4.56. The minimum Gasteiger partial charge on any atom is -0.497 e. The quantitative estimate of drug-likeness (QED) is 0.664. The van der Waals surface area contributed by atoms with Crippen molar-refractivity contribution < 1.29 is 14.3 Å². The van der Waals surface area contributed by atoms with Gasteiger partial charge in [0.2, 0.25) is 0 Å².